The Kier molecular flexibility index (Phi) is 4.08. The van der Waals surface area contributed by atoms with Crippen molar-refractivity contribution in [3.63, 3.8) is 0 Å². The number of halogens is 3. The first kappa shape index (κ1) is 16.2. The van der Waals surface area contributed by atoms with Crippen LogP contribution < -0.4 is 5.32 Å². The van der Waals surface area contributed by atoms with Gasteiger partial charge in [-0.1, -0.05) is 0 Å². The lowest BCUT2D eigenvalue weighted by Gasteiger charge is -2.29. The summed E-state index contributed by atoms with van der Waals surface area (Å²) in [6.45, 7) is 0.331. The van der Waals surface area contributed by atoms with E-state index in [-0.39, 0.29) is 5.56 Å². The van der Waals surface area contributed by atoms with Crippen LogP contribution in [0.3, 0.4) is 0 Å². The quantitative estimate of drug-likeness (QED) is 0.651. The summed E-state index contributed by atoms with van der Waals surface area (Å²) >= 11 is 0. The molecule has 0 saturated heterocycles. The number of nitrogens with zero attached hydrogens (tertiary/aromatic N) is 2. The molecule has 0 radical (unpaired) electrons. The molecule has 0 aliphatic rings. The Morgan fingerprint density at radius 2 is 2.05 bits per heavy atom. The average molecular weight is 303 g/mol. The van der Waals surface area contributed by atoms with Gasteiger partial charge in [-0.2, -0.15) is 18.4 Å². The Balaban J connectivity index is 3.43. The second kappa shape index (κ2) is 5.28. The molecule has 0 saturated carbocycles. The number of nitrogens with one attached hydrogen (secondary N) is 1. The molecule has 0 heterocycles. The van der Waals surface area contributed by atoms with Crippen LogP contribution in [0.2, 0.25) is 0 Å². The molecule has 7 nitrogen and oxygen atoms in total. The zero-order chi connectivity index (χ0) is 16.4. The molecule has 1 rings (SSSR count). The Morgan fingerprint density at radius 1 is 1.48 bits per heavy atom. The number of hydrogen-bond acceptors (Lipinski definition) is 5. The van der Waals surface area contributed by atoms with Gasteiger partial charge in [-0.3, -0.25) is 10.1 Å². The van der Waals surface area contributed by atoms with Crippen molar-refractivity contribution in [2.75, 3.05) is 5.32 Å². The van der Waals surface area contributed by atoms with Crippen LogP contribution in [-0.2, 0) is 4.79 Å². The zero-order valence-corrected chi connectivity index (χ0v) is 10.4. The van der Waals surface area contributed by atoms with Crippen molar-refractivity contribution in [3.8, 4) is 6.07 Å². The van der Waals surface area contributed by atoms with Gasteiger partial charge >= 0.3 is 12.1 Å². The molecular formula is C11H8F3N3O4. The van der Waals surface area contributed by atoms with E-state index in [9.17, 15) is 28.1 Å². The summed E-state index contributed by atoms with van der Waals surface area (Å²) in [7, 11) is 0. The fourth-order valence-electron chi connectivity index (χ4n) is 1.38. The highest BCUT2D eigenvalue weighted by Crippen LogP contribution is 2.36. The lowest BCUT2D eigenvalue weighted by molar-refractivity contribution is -0.384. The molecule has 0 amide bonds. The minimum Gasteiger partial charge on any atom is -0.479 e. The number of anilines is 1. The Hall–Kier alpha value is -2.83. The maximum Gasteiger partial charge on any atom is 0.422 e. The Labute approximate surface area is 115 Å². The number of carboxylic acids is 1. The van der Waals surface area contributed by atoms with Gasteiger partial charge in [0.1, 0.15) is 5.69 Å². The van der Waals surface area contributed by atoms with Crippen LogP contribution in [0.5, 0.6) is 0 Å². The summed E-state index contributed by atoms with van der Waals surface area (Å²) in [5.41, 5.74) is -5.07. The summed E-state index contributed by atoms with van der Waals surface area (Å²) in [6.07, 6.45) is -5.21. The SMILES string of the molecule is CC(Nc1cc(C#N)ccc1[N+](=O)[O-])(C(=O)O)C(F)(F)F. The Morgan fingerprint density at radius 3 is 2.43 bits per heavy atom. The van der Waals surface area contributed by atoms with E-state index in [2.05, 4.69) is 0 Å². The standard InChI is InChI=1S/C11H8F3N3O4/c1-10(9(18)19,11(12,13)14)16-7-4-6(5-15)2-3-8(7)17(20)21/h2-4,16H,1H3,(H,18,19). The number of alkyl halides is 3. The largest absolute Gasteiger partial charge is 0.479 e. The Bertz CT molecular complexity index is 639. The number of carboxylic acid groups (broad SMARTS) is 1. The van der Waals surface area contributed by atoms with Gasteiger partial charge in [0.25, 0.3) is 5.69 Å². The van der Waals surface area contributed by atoms with Crippen LogP contribution in [0.25, 0.3) is 0 Å². The molecule has 0 bridgehead atoms. The highest BCUT2D eigenvalue weighted by Gasteiger charge is 2.58. The molecule has 21 heavy (non-hydrogen) atoms. The third-order valence-corrected chi connectivity index (χ3v) is 2.70. The van der Waals surface area contributed by atoms with Crippen molar-refractivity contribution in [2.45, 2.75) is 18.6 Å². The molecule has 0 spiro atoms. The van der Waals surface area contributed by atoms with E-state index in [1.165, 1.54) is 0 Å². The monoisotopic (exact) mass is 303 g/mol. The lowest BCUT2D eigenvalue weighted by Crippen LogP contribution is -2.55. The molecule has 10 heteroatoms. The van der Waals surface area contributed by atoms with Crippen LogP contribution in [0.4, 0.5) is 24.5 Å². The summed E-state index contributed by atoms with van der Waals surface area (Å²) < 4.78 is 38.6. The van der Waals surface area contributed by atoms with Crippen molar-refractivity contribution < 1.29 is 28.0 Å². The van der Waals surface area contributed by atoms with Crippen LogP contribution in [0, 0.1) is 21.4 Å². The summed E-state index contributed by atoms with van der Waals surface area (Å²) in [6, 6.07) is 4.23. The summed E-state index contributed by atoms with van der Waals surface area (Å²) in [5.74, 6) is -2.26. The van der Waals surface area contributed by atoms with Gasteiger partial charge < -0.3 is 10.4 Å². The molecule has 112 valence electrons. The normalized spacial score (nSPS) is 13.9. The minimum atomic E-state index is -5.21. The number of nitriles is 1. The van der Waals surface area contributed by atoms with E-state index >= 15 is 0 Å². The van der Waals surface area contributed by atoms with E-state index in [4.69, 9.17) is 10.4 Å². The number of aliphatic carboxylic acids is 1. The molecule has 2 N–H and O–H groups in total. The molecule has 0 fully saturated rings. The molecule has 1 unspecified atom stereocenters. The van der Waals surface area contributed by atoms with Gasteiger partial charge in [-0.25, -0.2) is 4.79 Å². The average Bonchev–Trinajstić information content (AvgIpc) is 2.36. The molecule has 1 atom stereocenters. The second-order valence-corrected chi connectivity index (χ2v) is 4.15. The third-order valence-electron chi connectivity index (χ3n) is 2.70. The first-order chi connectivity index (χ1) is 9.52. The number of benzene rings is 1. The maximum atomic E-state index is 12.9. The fourth-order valence-corrected chi connectivity index (χ4v) is 1.38. The smallest absolute Gasteiger partial charge is 0.422 e. The van der Waals surface area contributed by atoms with Crippen molar-refractivity contribution in [3.05, 3.63) is 33.9 Å². The van der Waals surface area contributed by atoms with Gasteiger partial charge in [0.15, 0.2) is 0 Å². The van der Waals surface area contributed by atoms with Gasteiger partial charge in [0.05, 0.1) is 16.6 Å². The van der Waals surface area contributed by atoms with Crippen LogP contribution in [-0.4, -0.2) is 27.7 Å². The number of nitro benzene ring substituents is 1. The van der Waals surface area contributed by atoms with Crippen LogP contribution in [0.1, 0.15) is 12.5 Å². The van der Waals surface area contributed by atoms with Crippen LogP contribution in [0.15, 0.2) is 18.2 Å². The molecule has 0 aliphatic carbocycles. The first-order valence-corrected chi connectivity index (χ1v) is 5.30. The third kappa shape index (κ3) is 3.02. The van der Waals surface area contributed by atoms with Crippen molar-refractivity contribution in [2.24, 2.45) is 0 Å². The molecule has 1 aromatic rings. The highest BCUT2D eigenvalue weighted by atomic mass is 19.4. The summed E-state index contributed by atoms with van der Waals surface area (Å²) in [5, 5.41) is 29.8. The van der Waals surface area contributed by atoms with Gasteiger partial charge in [0, 0.05) is 6.07 Å². The zero-order valence-electron chi connectivity index (χ0n) is 10.4. The highest BCUT2D eigenvalue weighted by molar-refractivity contribution is 5.85. The summed E-state index contributed by atoms with van der Waals surface area (Å²) in [4.78, 5) is 20.7. The van der Waals surface area contributed by atoms with Gasteiger partial charge in [-0.15, -0.1) is 0 Å². The maximum absolute atomic E-state index is 12.9. The first-order valence-electron chi connectivity index (χ1n) is 5.30. The van der Waals surface area contributed by atoms with E-state index in [1.807, 2.05) is 0 Å². The predicted octanol–water partition coefficient (Wildman–Crippen LogP) is 2.28. The topological polar surface area (TPSA) is 116 Å². The molecular weight excluding hydrogens is 295 g/mol. The fraction of sp³-hybridized carbons (Fsp3) is 0.273. The van der Waals surface area contributed by atoms with E-state index in [0.29, 0.717) is 6.92 Å². The van der Waals surface area contributed by atoms with E-state index < -0.39 is 34.0 Å². The second-order valence-electron chi connectivity index (χ2n) is 4.15. The number of rotatable bonds is 4. The molecule has 1 aromatic carbocycles. The predicted molar refractivity (Wildman–Crippen MR) is 63.5 cm³/mol. The number of nitro groups is 1. The van der Waals surface area contributed by atoms with Crippen LogP contribution >= 0.6 is 0 Å². The number of carbonyl (C=O) groups is 1. The molecule has 0 aromatic heterocycles. The minimum absolute atomic E-state index is 0.155. The van der Waals surface area contributed by atoms with Crippen molar-refractivity contribution in [1.82, 2.24) is 0 Å². The number of hydrogen-bond donors (Lipinski definition) is 2. The van der Waals surface area contributed by atoms with Crippen molar-refractivity contribution in [1.29, 1.82) is 5.26 Å². The van der Waals surface area contributed by atoms with Gasteiger partial charge in [0.2, 0.25) is 5.54 Å². The van der Waals surface area contributed by atoms with E-state index in [0.717, 1.165) is 18.2 Å². The molecule has 0 aliphatic heterocycles. The van der Waals surface area contributed by atoms with E-state index in [1.54, 1.807) is 11.4 Å². The van der Waals surface area contributed by atoms with Crippen molar-refractivity contribution >= 4 is 17.3 Å². The lowest BCUT2D eigenvalue weighted by atomic mass is 10.0. The van der Waals surface area contributed by atoms with Gasteiger partial charge in [-0.05, 0) is 19.1 Å².